The molecule has 0 aromatic carbocycles. The standard InChI is InChI=1S/C3H4S4/c1-2-4-6-7-5-3-1/h1-2H,3H2. The van der Waals surface area contributed by atoms with Crippen molar-refractivity contribution < 1.29 is 0 Å². The molecule has 1 aliphatic heterocycles. The summed E-state index contributed by atoms with van der Waals surface area (Å²) in [5, 5.41) is 2.14. The summed E-state index contributed by atoms with van der Waals surface area (Å²) in [6, 6.07) is 0. The molecule has 0 aromatic rings. The summed E-state index contributed by atoms with van der Waals surface area (Å²) >= 11 is 0. The van der Waals surface area contributed by atoms with E-state index in [9.17, 15) is 0 Å². The summed E-state index contributed by atoms with van der Waals surface area (Å²) in [5.74, 6) is 1.16. The van der Waals surface area contributed by atoms with Crippen molar-refractivity contribution in [1.82, 2.24) is 0 Å². The molecule has 7 heavy (non-hydrogen) atoms. The molecule has 4 heteroatoms. The third-order valence-electron chi connectivity index (χ3n) is 0.431. The van der Waals surface area contributed by atoms with Gasteiger partial charge in [0.05, 0.1) is 0 Å². The van der Waals surface area contributed by atoms with E-state index in [1.54, 1.807) is 10.8 Å². The Hall–Kier alpha value is 1.14. The van der Waals surface area contributed by atoms with Crippen molar-refractivity contribution in [2.24, 2.45) is 0 Å². The van der Waals surface area contributed by atoms with Crippen molar-refractivity contribution in [3.8, 4) is 0 Å². The molecule has 0 radical (unpaired) electrons. The predicted octanol–water partition coefficient (Wildman–Crippen LogP) is 3.19. The average Bonchev–Trinajstić information content (AvgIpc) is 1.90. The first kappa shape index (κ1) is 6.26. The third-order valence-corrected chi connectivity index (χ3v) is 6.30. The van der Waals surface area contributed by atoms with Crippen LogP contribution in [0.25, 0.3) is 0 Å². The van der Waals surface area contributed by atoms with Crippen molar-refractivity contribution in [1.29, 1.82) is 0 Å². The predicted molar refractivity (Wildman–Crippen MR) is 44.4 cm³/mol. The SMILES string of the molecule is C1=CSSSSC1. The molecule has 40 valence electrons. The van der Waals surface area contributed by atoms with Crippen molar-refractivity contribution in [3.63, 3.8) is 0 Å². The maximum atomic E-state index is 2.18. The fourth-order valence-electron chi connectivity index (χ4n) is 0.204. The molecule has 1 aliphatic rings. The fourth-order valence-corrected chi connectivity index (χ4v) is 5.31. The third kappa shape index (κ3) is 2.85. The topological polar surface area (TPSA) is 0 Å². The van der Waals surface area contributed by atoms with Crippen LogP contribution in [-0.4, -0.2) is 5.75 Å². The van der Waals surface area contributed by atoms with E-state index in [-0.39, 0.29) is 0 Å². The van der Waals surface area contributed by atoms with Crippen LogP contribution in [-0.2, 0) is 0 Å². The molecular formula is C3H4S4. The Balaban J connectivity index is 2.20. The van der Waals surface area contributed by atoms with Gasteiger partial charge >= 0.3 is 0 Å². The van der Waals surface area contributed by atoms with Gasteiger partial charge in [0.1, 0.15) is 0 Å². The van der Waals surface area contributed by atoms with Crippen LogP contribution in [0.2, 0.25) is 0 Å². The van der Waals surface area contributed by atoms with Gasteiger partial charge in [0, 0.05) is 5.75 Å². The van der Waals surface area contributed by atoms with Crippen LogP contribution in [0.4, 0.5) is 0 Å². The largest absolute Gasteiger partial charge is 0.0775 e. The molecule has 0 amide bonds. The van der Waals surface area contributed by atoms with Gasteiger partial charge in [-0.2, -0.15) is 0 Å². The summed E-state index contributed by atoms with van der Waals surface area (Å²) in [7, 11) is 7.36. The highest BCUT2D eigenvalue weighted by atomic mass is 33.7. The minimum absolute atomic E-state index is 1.16. The molecule has 0 N–H and O–H groups in total. The summed E-state index contributed by atoms with van der Waals surface area (Å²) in [6.45, 7) is 0. The monoisotopic (exact) mass is 168 g/mol. The smallest absolute Gasteiger partial charge is 0.0234 e. The Morgan fingerprint density at radius 2 is 2.29 bits per heavy atom. The van der Waals surface area contributed by atoms with Gasteiger partial charge in [-0.15, -0.1) is 0 Å². The zero-order valence-electron chi connectivity index (χ0n) is 3.49. The maximum Gasteiger partial charge on any atom is 0.0234 e. The first-order valence-corrected chi connectivity index (χ1v) is 6.81. The fraction of sp³-hybridized carbons (Fsp3) is 0.333. The molecule has 0 fully saturated rings. The molecule has 0 unspecified atom stereocenters. The second kappa shape index (κ2) is 4.06. The molecular weight excluding hydrogens is 164 g/mol. The minimum Gasteiger partial charge on any atom is -0.0775 e. The van der Waals surface area contributed by atoms with Crippen LogP contribution in [0.3, 0.4) is 0 Å². The van der Waals surface area contributed by atoms with Crippen molar-refractivity contribution >= 4 is 41.2 Å². The summed E-state index contributed by atoms with van der Waals surface area (Å²) in [6.07, 6.45) is 2.18. The van der Waals surface area contributed by atoms with Crippen LogP contribution in [0.1, 0.15) is 0 Å². The molecule has 1 heterocycles. The summed E-state index contributed by atoms with van der Waals surface area (Å²) in [4.78, 5) is 0. The second-order valence-electron chi connectivity index (χ2n) is 0.889. The molecule has 0 bridgehead atoms. The van der Waals surface area contributed by atoms with Crippen LogP contribution in [0.15, 0.2) is 11.5 Å². The number of hydrogen-bond acceptors (Lipinski definition) is 4. The van der Waals surface area contributed by atoms with Gasteiger partial charge in [0.15, 0.2) is 0 Å². The van der Waals surface area contributed by atoms with E-state index < -0.39 is 0 Å². The first-order valence-electron chi connectivity index (χ1n) is 1.77. The normalized spacial score (nSPS) is 21.7. The van der Waals surface area contributed by atoms with Crippen LogP contribution in [0.5, 0.6) is 0 Å². The Bertz CT molecular complexity index is 61.3. The molecule has 0 aliphatic carbocycles. The second-order valence-corrected chi connectivity index (χ2v) is 6.74. The van der Waals surface area contributed by atoms with Gasteiger partial charge in [-0.05, 0) is 25.1 Å². The number of rotatable bonds is 0. The molecule has 1 rings (SSSR count). The van der Waals surface area contributed by atoms with Crippen LogP contribution < -0.4 is 0 Å². The van der Waals surface area contributed by atoms with Crippen LogP contribution in [0, 0.1) is 0 Å². The maximum absolute atomic E-state index is 2.18. The first-order chi connectivity index (χ1) is 3.50. The minimum atomic E-state index is 1.16. The molecule has 0 saturated heterocycles. The van der Waals surface area contributed by atoms with Gasteiger partial charge < -0.3 is 0 Å². The molecule has 0 aromatic heterocycles. The molecule has 0 nitrogen and oxygen atoms in total. The molecule has 0 atom stereocenters. The van der Waals surface area contributed by atoms with Crippen molar-refractivity contribution in [3.05, 3.63) is 11.5 Å². The van der Waals surface area contributed by atoms with Gasteiger partial charge in [-0.3, -0.25) is 0 Å². The molecule has 0 saturated carbocycles. The zero-order chi connectivity index (χ0) is 4.95. The highest BCUT2D eigenvalue weighted by molar-refractivity contribution is 9.26. The quantitative estimate of drug-likeness (QED) is 0.509. The van der Waals surface area contributed by atoms with E-state index in [4.69, 9.17) is 0 Å². The zero-order valence-corrected chi connectivity index (χ0v) is 6.76. The lowest BCUT2D eigenvalue weighted by atomic mass is 10.8. The van der Waals surface area contributed by atoms with Gasteiger partial charge in [-0.25, -0.2) is 0 Å². The number of hydrogen-bond donors (Lipinski definition) is 0. The van der Waals surface area contributed by atoms with Gasteiger partial charge in [-0.1, -0.05) is 27.7 Å². The van der Waals surface area contributed by atoms with E-state index in [0.29, 0.717) is 0 Å². The Morgan fingerprint density at radius 1 is 1.29 bits per heavy atom. The van der Waals surface area contributed by atoms with E-state index in [1.807, 2.05) is 30.4 Å². The Kier molecular flexibility index (Phi) is 3.63. The van der Waals surface area contributed by atoms with Crippen molar-refractivity contribution in [2.45, 2.75) is 0 Å². The Morgan fingerprint density at radius 3 is 3.29 bits per heavy atom. The lowest BCUT2D eigenvalue weighted by molar-refractivity contribution is 1.83. The summed E-state index contributed by atoms with van der Waals surface area (Å²) in [5.41, 5.74) is 0. The average molecular weight is 168 g/mol. The van der Waals surface area contributed by atoms with E-state index in [2.05, 4.69) is 11.5 Å². The summed E-state index contributed by atoms with van der Waals surface area (Å²) < 4.78 is 0. The van der Waals surface area contributed by atoms with E-state index in [0.717, 1.165) is 5.75 Å². The van der Waals surface area contributed by atoms with Crippen LogP contribution >= 0.6 is 41.2 Å². The van der Waals surface area contributed by atoms with E-state index >= 15 is 0 Å². The lowest BCUT2D eigenvalue weighted by Crippen LogP contribution is -1.55. The van der Waals surface area contributed by atoms with Gasteiger partial charge in [0.25, 0.3) is 0 Å². The Labute approximate surface area is 58.5 Å². The molecule has 0 spiro atoms. The van der Waals surface area contributed by atoms with Crippen molar-refractivity contribution in [2.75, 3.05) is 5.75 Å². The van der Waals surface area contributed by atoms with E-state index in [1.165, 1.54) is 0 Å². The highest BCUT2D eigenvalue weighted by Crippen LogP contribution is 2.45. The highest BCUT2D eigenvalue weighted by Gasteiger charge is 1.91. The van der Waals surface area contributed by atoms with Gasteiger partial charge in [0.2, 0.25) is 0 Å². The lowest BCUT2D eigenvalue weighted by Gasteiger charge is -1.84.